The van der Waals surface area contributed by atoms with Crippen molar-refractivity contribution in [1.29, 1.82) is 0 Å². The van der Waals surface area contributed by atoms with Crippen molar-refractivity contribution in [2.24, 2.45) is 7.05 Å². The van der Waals surface area contributed by atoms with Crippen molar-refractivity contribution in [3.8, 4) is 0 Å². The topological polar surface area (TPSA) is 20.2 Å². The highest BCUT2D eigenvalue weighted by Gasteiger charge is 2.03. The van der Waals surface area contributed by atoms with Crippen molar-refractivity contribution < 1.29 is 0 Å². The van der Waals surface area contributed by atoms with E-state index in [-0.39, 0.29) is 0 Å². The van der Waals surface area contributed by atoms with E-state index in [9.17, 15) is 0 Å². The van der Waals surface area contributed by atoms with Gasteiger partial charge in [-0.2, -0.15) is 0 Å². The molecular weight excluding hydrogens is 186 g/mol. The van der Waals surface area contributed by atoms with Gasteiger partial charge in [-0.1, -0.05) is 0 Å². The molecule has 15 heavy (non-hydrogen) atoms. The zero-order chi connectivity index (χ0) is 11.3. The molecule has 1 atom stereocenters. The summed E-state index contributed by atoms with van der Waals surface area (Å²) in [5.41, 5.74) is 1.34. The van der Waals surface area contributed by atoms with Gasteiger partial charge in [-0.05, 0) is 46.1 Å². The van der Waals surface area contributed by atoms with Crippen LogP contribution in [-0.4, -0.2) is 36.1 Å². The molecule has 0 fully saturated rings. The van der Waals surface area contributed by atoms with Crippen LogP contribution in [-0.2, 0) is 13.6 Å². The predicted molar refractivity (Wildman–Crippen MR) is 64.9 cm³/mol. The minimum Gasteiger partial charge on any atom is -0.353 e. The Labute approximate surface area is 93.1 Å². The third-order valence-corrected chi connectivity index (χ3v) is 2.69. The first-order chi connectivity index (χ1) is 7.09. The van der Waals surface area contributed by atoms with Crippen molar-refractivity contribution in [2.75, 3.05) is 20.6 Å². The standard InChI is InChI=1S/C12H23N3/c1-11(7-9-14(2)3)13-10-12-6-5-8-15(12)4/h5-6,8,11,13H,7,9-10H2,1-4H3. The van der Waals surface area contributed by atoms with Crippen LogP contribution in [0.15, 0.2) is 18.3 Å². The predicted octanol–water partition coefficient (Wildman–Crippen LogP) is 1.45. The van der Waals surface area contributed by atoms with Gasteiger partial charge in [0.25, 0.3) is 0 Å². The molecule has 0 radical (unpaired) electrons. The largest absolute Gasteiger partial charge is 0.353 e. The quantitative estimate of drug-likeness (QED) is 0.765. The van der Waals surface area contributed by atoms with Crippen LogP contribution >= 0.6 is 0 Å². The molecule has 1 N–H and O–H groups in total. The fourth-order valence-electron chi connectivity index (χ4n) is 1.51. The first-order valence-electron chi connectivity index (χ1n) is 5.58. The normalized spacial score (nSPS) is 13.4. The van der Waals surface area contributed by atoms with Crippen LogP contribution in [0, 0.1) is 0 Å². The van der Waals surface area contributed by atoms with Crippen LogP contribution in [0.2, 0.25) is 0 Å². The summed E-state index contributed by atoms with van der Waals surface area (Å²) in [7, 11) is 6.31. The van der Waals surface area contributed by atoms with E-state index in [4.69, 9.17) is 0 Å². The molecule has 1 heterocycles. The number of rotatable bonds is 6. The van der Waals surface area contributed by atoms with E-state index in [1.54, 1.807) is 0 Å². The molecule has 0 aliphatic carbocycles. The van der Waals surface area contributed by atoms with Crippen LogP contribution in [0.4, 0.5) is 0 Å². The van der Waals surface area contributed by atoms with Crippen LogP contribution in [0.5, 0.6) is 0 Å². The number of aromatic nitrogens is 1. The van der Waals surface area contributed by atoms with E-state index in [0.29, 0.717) is 6.04 Å². The Morgan fingerprint density at radius 1 is 1.47 bits per heavy atom. The van der Waals surface area contributed by atoms with E-state index in [1.807, 2.05) is 0 Å². The summed E-state index contributed by atoms with van der Waals surface area (Å²) >= 11 is 0. The second-order valence-electron chi connectivity index (χ2n) is 4.48. The molecule has 0 amide bonds. The monoisotopic (exact) mass is 209 g/mol. The summed E-state index contributed by atoms with van der Waals surface area (Å²) in [6.45, 7) is 4.34. The van der Waals surface area contributed by atoms with Crippen LogP contribution in [0.3, 0.4) is 0 Å². The zero-order valence-corrected chi connectivity index (χ0v) is 10.3. The molecule has 0 aliphatic rings. The molecule has 86 valence electrons. The summed E-state index contributed by atoms with van der Waals surface area (Å²) in [5, 5.41) is 3.53. The molecule has 0 saturated heterocycles. The Hall–Kier alpha value is -0.800. The second kappa shape index (κ2) is 5.93. The molecule has 0 aromatic carbocycles. The first-order valence-corrected chi connectivity index (χ1v) is 5.58. The Kier molecular flexibility index (Phi) is 4.85. The average molecular weight is 209 g/mol. The van der Waals surface area contributed by atoms with Crippen molar-refractivity contribution in [2.45, 2.75) is 25.9 Å². The molecule has 0 spiro atoms. The number of aryl methyl sites for hydroxylation is 1. The van der Waals surface area contributed by atoms with Crippen molar-refractivity contribution in [3.05, 3.63) is 24.0 Å². The molecule has 1 unspecified atom stereocenters. The maximum atomic E-state index is 3.53. The highest BCUT2D eigenvalue weighted by atomic mass is 15.1. The van der Waals surface area contributed by atoms with Crippen molar-refractivity contribution in [3.63, 3.8) is 0 Å². The lowest BCUT2D eigenvalue weighted by atomic mass is 10.2. The lowest BCUT2D eigenvalue weighted by molar-refractivity contribution is 0.364. The van der Waals surface area contributed by atoms with E-state index in [2.05, 4.69) is 61.2 Å². The Morgan fingerprint density at radius 2 is 2.20 bits per heavy atom. The molecule has 1 aromatic heterocycles. The van der Waals surface area contributed by atoms with Gasteiger partial charge in [-0.3, -0.25) is 0 Å². The maximum Gasteiger partial charge on any atom is 0.0361 e. The highest BCUT2D eigenvalue weighted by Crippen LogP contribution is 2.00. The van der Waals surface area contributed by atoms with Crippen molar-refractivity contribution >= 4 is 0 Å². The van der Waals surface area contributed by atoms with Gasteiger partial charge in [0.15, 0.2) is 0 Å². The third kappa shape index (κ3) is 4.49. The SMILES string of the molecule is CC(CCN(C)C)NCc1cccn1C. The van der Waals surface area contributed by atoms with E-state index in [0.717, 1.165) is 13.1 Å². The zero-order valence-electron chi connectivity index (χ0n) is 10.3. The molecule has 0 aliphatic heterocycles. The van der Waals surface area contributed by atoms with Gasteiger partial charge in [-0.25, -0.2) is 0 Å². The van der Waals surface area contributed by atoms with Gasteiger partial charge in [0.1, 0.15) is 0 Å². The third-order valence-electron chi connectivity index (χ3n) is 2.69. The summed E-state index contributed by atoms with van der Waals surface area (Å²) < 4.78 is 2.16. The fraction of sp³-hybridized carbons (Fsp3) is 0.667. The van der Waals surface area contributed by atoms with Gasteiger partial charge in [0.2, 0.25) is 0 Å². The van der Waals surface area contributed by atoms with Gasteiger partial charge in [0, 0.05) is 31.5 Å². The molecule has 0 saturated carbocycles. The minimum atomic E-state index is 0.572. The van der Waals surface area contributed by atoms with E-state index in [1.165, 1.54) is 12.1 Å². The number of nitrogens with zero attached hydrogens (tertiary/aromatic N) is 2. The second-order valence-corrected chi connectivity index (χ2v) is 4.48. The number of hydrogen-bond donors (Lipinski definition) is 1. The lowest BCUT2D eigenvalue weighted by Crippen LogP contribution is -2.29. The molecule has 1 rings (SSSR count). The van der Waals surface area contributed by atoms with Gasteiger partial charge < -0.3 is 14.8 Å². The Bertz CT molecular complexity index is 278. The lowest BCUT2D eigenvalue weighted by Gasteiger charge is -2.16. The molecule has 3 heteroatoms. The Morgan fingerprint density at radius 3 is 2.73 bits per heavy atom. The summed E-state index contributed by atoms with van der Waals surface area (Å²) in [6, 6.07) is 4.81. The number of hydrogen-bond acceptors (Lipinski definition) is 2. The average Bonchev–Trinajstić information content (AvgIpc) is 2.58. The van der Waals surface area contributed by atoms with Gasteiger partial charge in [-0.15, -0.1) is 0 Å². The number of nitrogens with one attached hydrogen (secondary N) is 1. The van der Waals surface area contributed by atoms with Crippen molar-refractivity contribution in [1.82, 2.24) is 14.8 Å². The summed E-state index contributed by atoms with van der Waals surface area (Å²) in [5.74, 6) is 0. The van der Waals surface area contributed by atoms with Crippen LogP contribution < -0.4 is 5.32 Å². The fourth-order valence-corrected chi connectivity index (χ4v) is 1.51. The van der Waals surface area contributed by atoms with Crippen LogP contribution in [0.25, 0.3) is 0 Å². The Balaban J connectivity index is 2.22. The first kappa shape index (κ1) is 12.3. The van der Waals surface area contributed by atoms with Gasteiger partial charge >= 0.3 is 0 Å². The maximum absolute atomic E-state index is 3.53. The summed E-state index contributed by atoms with van der Waals surface area (Å²) in [4.78, 5) is 2.22. The smallest absolute Gasteiger partial charge is 0.0361 e. The van der Waals surface area contributed by atoms with E-state index >= 15 is 0 Å². The molecular formula is C12H23N3. The minimum absolute atomic E-state index is 0.572. The van der Waals surface area contributed by atoms with E-state index < -0.39 is 0 Å². The molecule has 0 bridgehead atoms. The van der Waals surface area contributed by atoms with Gasteiger partial charge in [0.05, 0.1) is 0 Å². The van der Waals surface area contributed by atoms with Crippen LogP contribution in [0.1, 0.15) is 19.0 Å². The summed E-state index contributed by atoms with van der Waals surface area (Å²) in [6.07, 6.45) is 3.28. The molecule has 1 aromatic rings. The molecule has 3 nitrogen and oxygen atoms in total. The highest BCUT2D eigenvalue weighted by molar-refractivity contribution is 5.06.